The molecule has 0 spiro atoms. The van der Waals surface area contributed by atoms with Crippen LogP contribution in [-0.2, 0) is 20.6 Å². The summed E-state index contributed by atoms with van der Waals surface area (Å²) in [5, 5.41) is 3.22. The maximum atomic E-state index is 13.1. The van der Waals surface area contributed by atoms with E-state index in [9.17, 15) is 13.2 Å². The minimum atomic E-state index is -3.41. The molecule has 2 aromatic rings. The number of amides is 1. The number of piperidine rings is 1. The number of sulfonamides is 1. The van der Waals surface area contributed by atoms with Crippen molar-refractivity contribution in [2.24, 2.45) is 11.8 Å². The number of hydrogen-bond donors (Lipinski definition) is 1. The highest BCUT2D eigenvalue weighted by Crippen LogP contribution is 2.27. The van der Waals surface area contributed by atoms with Gasteiger partial charge in [-0.2, -0.15) is 0 Å². The highest BCUT2D eigenvalue weighted by molar-refractivity contribution is 7.88. The van der Waals surface area contributed by atoms with Crippen LogP contribution in [0.4, 0.5) is 0 Å². The second-order valence-electron chi connectivity index (χ2n) is 9.32. The van der Waals surface area contributed by atoms with Gasteiger partial charge in [0.05, 0.1) is 18.9 Å². The number of carbonyl (C=O) groups excluding carboxylic acids is 1. The third kappa shape index (κ3) is 6.81. The van der Waals surface area contributed by atoms with Gasteiger partial charge in [-0.25, -0.2) is 12.7 Å². The summed E-state index contributed by atoms with van der Waals surface area (Å²) in [6.45, 7) is 6.96. The minimum Gasteiger partial charge on any atom is -0.497 e. The van der Waals surface area contributed by atoms with Crippen LogP contribution in [0.2, 0.25) is 0 Å². The van der Waals surface area contributed by atoms with Crippen molar-refractivity contribution in [1.82, 2.24) is 9.62 Å². The topological polar surface area (TPSA) is 75.7 Å². The number of rotatable bonds is 9. The molecule has 0 aromatic heterocycles. The zero-order valence-electron chi connectivity index (χ0n) is 20.1. The molecule has 0 radical (unpaired) electrons. The molecule has 1 saturated heterocycles. The van der Waals surface area contributed by atoms with Crippen molar-refractivity contribution in [2.75, 3.05) is 20.2 Å². The Labute approximate surface area is 198 Å². The van der Waals surface area contributed by atoms with E-state index in [0.29, 0.717) is 31.8 Å². The molecule has 1 amide bonds. The van der Waals surface area contributed by atoms with Gasteiger partial charge in [0.25, 0.3) is 0 Å². The lowest BCUT2D eigenvalue weighted by molar-refractivity contribution is -0.127. The minimum absolute atomic E-state index is 0.00443. The maximum Gasteiger partial charge on any atom is 0.223 e. The number of hydrogen-bond acceptors (Lipinski definition) is 4. The van der Waals surface area contributed by atoms with Crippen LogP contribution in [-0.4, -0.2) is 38.8 Å². The third-order valence-corrected chi connectivity index (χ3v) is 8.19. The van der Waals surface area contributed by atoms with Crippen LogP contribution in [0.25, 0.3) is 0 Å². The summed E-state index contributed by atoms with van der Waals surface area (Å²) in [5.74, 6) is 1.04. The fraction of sp³-hybridized carbons (Fsp3) is 0.500. The molecule has 1 heterocycles. The van der Waals surface area contributed by atoms with Crippen LogP contribution in [0, 0.1) is 18.8 Å². The molecule has 1 aliphatic rings. The second kappa shape index (κ2) is 11.2. The molecular weight excluding hydrogens is 436 g/mol. The van der Waals surface area contributed by atoms with Gasteiger partial charge >= 0.3 is 0 Å². The van der Waals surface area contributed by atoms with Crippen LogP contribution < -0.4 is 10.1 Å². The van der Waals surface area contributed by atoms with E-state index in [0.717, 1.165) is 28.9 Å². The van der Waals surface area contributed by atoms with Crippen molar-refractivity contribution in [3.05, 3.63) is 65.2 Å². The fourth-order valence-corrected chi connectivity index (χ4v) is 6.00. The third-order valence-electron chi connectivity index (χ3n) is 6.36. The van der Waals surface area contributed by atoms with Gasteiger partial charge in [-0.05, 0) is 60.9 Å². The number of ether oxygens (including phenoxy) is 1. The predicted octanol–water partition coefficient (Wildman–Crippen LogP) is 4.45. The molecule has 1 fully saturated rings. The highest BCUT2D eigenvalue weighted by atomic mass is 32.2. The Balaban J connectivity index is 1.60. The van der Waals surface area contributed by atoms with E-state index < -0.39 is 10.0 Å². The zero-order chi connectivity index (χ0) is 24.0. The summed E-state index contributed by atoms with van der Waals surface area (Å²) in [7, 11) is -1.77. The molecule has 1 aliphatic heterocycles. The van der Waals surface area contributed by atoms with Crippen molar-refractivity contribution in [1.29, 1.82) is 0 Å². The van der Waals surface area contributed by atoms with Crippen molar-refractivity contribution in [2.45, 2.75) is 51.8 Å². The number of nitrogens with one attached hydrogen (secondary N) is 1. The molecule has 1 atom stereocenters. The van der Waals surface area contributed by atoms with Crippen molar-refractivity contribution in [3.8, 4) is 5.75 Å². The molecule has 0 unspecified atom stereocenters. The van der Waals surface area contributed by atoms with Gasteiger partial charge in [0, 0.05) is 19.0 Å². The van der Waals surface area contributed by atoms with Gasteiger partial charge < -0.3 is 10.1 Å². The molecular formula is C26H36N2O4S. The Morgan fingerprint density at radius 1 is 1.09 bits per heavy atom. The Bertz CT molecular complexity index is 1030. The van der Waals surface area contributed by atoms with Crippen molar-refractivity contribution in [3.63, 3.8) is 0 Å². The van der Waals surface area contributed by atoms with E-state index >= 15 is 0 Å². The Morgan fingerprint density at radius 2 is 1.73 bits per heavy atom. The summed E-state index contributed by atoms with van der Waals surface area (Å²) < 4.78 is 32.7. The molecule has 7 heteroatoms. The van der Waals surface area contributed by atoms with Crippen LogP contribution in [0.1, 0.15) is 55.8 Å². The van der Waals surface area contributed by atoms with Crippen molar-refractivity contribution < 1.29 is 17.9 Å². The first-order valence-electron chi connectivity index (χ1n) is 11.7. The molecule has 2 aromatic carbocycles. The second-order valence-corrected chi connectivity index (χ2v) is 11.3. The smallest absolute Gasteiger partial charge is 0.223 e. The molecule has 33 heavy (non-hydrogen) atoms. The highest BCUT2D eigenvalue weighted by Gasteiger charge is 2.32. The first-order valence-corrected chi connectivity index (χ1v) is 13.3. The van der Waals surface area contributed by atoms with Gasteiger partial charge in [-0.15, -0.1) is 0 Å². The number of carbonyl (C=O) groups is 1. The van der Waals surface area contributed by atoms with Gasteiger partial charge in [0.15, 0.2) is 0 Å². The van der Waals surface area contributed by atoms with Gasteiger partial charge in [0.2, 0.25) is 15.9 Å². The summed E-state index contributed by atoms with van der Waals surface area (Å²) in [6.07, 6.45) is 1.91. The number of benzene rings is 2. The van der Waals surface area contributed by atoms with E-state index in [1.165, 1.54) is 4.31 Å². The number of nitrogens with zero attached hydrogens (tertiary/aromatic N) is 1. The summed E-state index contributed by atoms with van der Waals surface area (Å²) in [4.78, 5) is 13.1. The first kappa shape index (κ1) is 25.2. The number of methoxy groups -OCH3 is 1. The SMILES string of the molecule is COc1ccc([C@H](CC(C)C)NC(=O)C2CCN(S(=O)(=O)Cc3ccccc3C)CC2)cc1. The molecule has 0 bridgehead atoms. The molecule has 180 valence electrons. The fourth-order valence-electron chi connectivity index (χ4n) is 4.33. The summed E-state index contributed by atoms with van der Waals surface area (Å²) >= 11 is 0. The maximum absolute atomic E-state index is 13.1. The average molecular weight is 473 g/mol. The largest absolute Gasteiger partial charge is 0.497 e. The van der Waals surface area contributed by atoms with Crippen LogP contribution in [0.3, 0.4) is 0 Å². The summed E-state index contributed by atoms with van der Waals surface area (Å²) in [6, 6.07) is 15.3. The standard InChI is InChI=1S/C26H36N2O4S/c1-19(2)17-25(21-9-11-24(32-4)12-10-21)27-26(29)22-13-15-28(16-14-22)33(30,31)18-23-8-6-5-7-20(23)3/h5-12,19,22,25H,13-18H2,1-4H3,(H,27,29)/t25-/m0/s1. The van der Waals surface area contributed by atoms with Crippen LogP contribution in [0.5, 0.6) is 5.75 Å². The van der Waals surface area contributed by atoms with E-state index in [-0.39, 0.29) is 23.6 Å². The summed E-state index contributed by atoms with van der Waals surface area (Å²) in [5.41, 5.74) is 2.86. The molecule has 6 nitrogen and oxygen atoms in total. The van der Waals surface area contributed by atoms with E-state index in [2.05, 4.69) is 19.2 Å². The van der Waals surface area contributed by atoms with Crippen LogP contribution >= 0.6 is 0 Å². The van der Waals surface area contributed by atoms with Crippen LogP contribution in [0.15, 0.2) is 48.5 Å². The average Bonchev–Trinajstić information content (AvgIpc) is 2.80. The van der Waals surface area contributed by atoms with Crippen molar-refractivity contribution >= 4 is 15.9 Å². The lowest BCUT2D eigenvalue weighted by Gasteiger charge is -2.32. The van der Waals surface area contributed by atoms with E-state index in [4.69, 9.17) is 4.74 Å². The van der Waals surface area contributed by atoms with Gasteiger partial charge in [0.1, 0.15) is 5.75 Å². The quantitative estimate of drug-likeness (QED) is 0.585. The Hall–Kier alpha value is -2.38. The molecule has 0 aliphatic carbocycles. The Morgan fingerprint density at radius 3 is 2.30 bits per heavy atom. The van der Waals surface area contributed by atoms with E-state index in [1.54, 1.807) is 7.11 Å². The first-order chi connectivity index (χ1) is 15.7. The van der Waals surface area contributed by atoms with Gasteiger partial charge in [-0.1, -0.05) is 50.2 Å². The Kier molecular flexibility index (Phi) is 8.54. The van der Waals surface area contributed by atoms with Gasteiger partial charge in [-0.3, -0.25) is 4.79 Å². The number of aryl methyl sites for hydroxylation is 1. The lowest BCUT2D eigenvalue weighted by Crippen LogP contribution is -2.44. The predicted molar refractivity (Wildman–Crippen MR) is 131 cm³/mol. The monoisotopic (exact) mass is 472 g/mol. The normalized spacial score (nSPS) is 16.5. The molecule has 1 N–H and O–H groups in total. The molecule has 0 saturated carbocycles. The zero-order valence-corrected chi connectivity index (χ0v) is 20.9. The molecule has 3 rings (SSSR count). The lowest BCUT2D eigenvalue weighted by atomic mass is 9.93. The van der Waals surface area contributed by atoms with E-state index in [1.807, 2.05) is 55.5 Å².